The molecule has 2 rings (SSSR count). The summed E-state index contributed by atoms with van der Waals surface area (Å²) >= 11 is 5.98. The lowest BCUT2D eigenvalue weighted by atomic mass is 10.1. The van der Waals surface area contributed by atoms with Crippen LogP contribution in [0.15, 0.2) is 41.5 Å². The summed E-state index contributed by atoms with van der Waals surface area (Å²) < 4.78 is 1.65. The molecule has 0 fully saturated rings. The topological polar surface area (TPSA) is 46.9 Å². The van der Waals surface area contributed by atoms with E-state index in [0.29, 0.717) is 10.8 Å². The summed E-state index contributed by atoms with van der Waals surface area (Å²) in [7, 11) is 0. The summed E-state index contributed by atoms with van der Waals surface area (Å²) in [5.41, 5.74) is 0.898. The Balaban J connectivity index is 2.26. The fraction of sp³-hybridized carbons (Fsp3) is 0.333. The highest BCUT2D eigenvalue weighted by Gasteiger charge is 2.11. The van der Waals surface area contributed by atoms with Crippen molar-refractivity contribution in [2.24, 2.45) is 0 Å². The molecule has 20 heavy (non-hydrogen) atoms. The highest BCUT2D eigenvalue weighted by molar-refractivity contribution is 6.30. The number of halogens is 1. The quantitative estimate of drug-likeness (QED) is 0.935. The predicted molar refractivity (Wildman–Crippen MR) is 82.4 cm³/mol. The van der Waals surface area contributed by atoms with Crippen LogP contribution < -0.4 is 10.9 Å². The summed E-state index contributed by atoms with van der Waals surface area (Å²) in [6, 6.07) is 7.62. The molecule has 0 aliphatic carbocycles. The molecule has 0 aliphatic rings. The van der Waals surface area contributed by atoms with Crippen molar-refractivity contribution in [1.82, 2.24) is 9.55 Å². The Bertz CT molecular complexity index is 652. The second-order valence-corrected chi connectivity index (χ2v) is 5.44. The molecule has 106 valence electrons. The van der Waals surface area contributed by atoms with E-state index in [9.17, 15) is 4.79 Å². The van der Waals surface area contributed by atoms with Gasteiger partial charge in [0.15, 0.2) is 5.82 Å². The Morgan fingerprint density at radius 3 is 2.70 bits per heavy atom. The van der Waals surface area contributed by atoms with Crippen LogP contribution in [0.5, 0.6) is 0 Å². The van der Waals surface area contributed by atoms with Gasteiger partial charge in [0.1, 0.15) is 0 Å². The van der Waals surface area contributed by atoms with E-state index in [2.05, 4.69) is 10.3 Å². The van der Waals surface area contributed by atoms with Crippen molar-refractivity contribution in [3.8, 4) is 0 Å². The standard InChI is InChI=1S/C15H18ClN3O/c1-10(2)19-8-7-17-14(15(19)20)18-11(3)12-5-4-6-13(16)9-12/h4-11H,1-3H3,(H,17,18). The minimum absolute atomic E-state index is 0.0445. The minimum atomic E-state index is -0.114. The number of anilines is 1. The highest BCUT2D eigenvalue weighted by Crippen LogP contribution is 2.19. The van der Waals surface area contributed by atoms with Crippen molar-refractivity contribution in [2.75, 3.05) is 5.32 Å². The normalized spacial score (nSPS) is 12.4. The molecule has 0 radical (unpaired) electrons. The third-order valence-electron chi connectivity index (χ3n) is 3.13. The molecule has 1 heterocycles. The van der Waals surface area contributed by atoms with Crippen LogP contribution in [0.1, 0.15) is 38.4 Å². The molecule has 4 nitrogen and oxygen atoms in total. The largest absolute Gasteiger partial charge is 0.359 e. The van der Waals surface area contributed by atoms with Gasteiger partial charge in [-0.15, -0.1) is 0 Å². The zero-order chi connectivity index (χ0) is 14.7. The van der Waals surface area contributed by atoms with Crippen LogP contribution in [-0.2, 0) is 0 Å². The fourth-order valence-corrected chi connectivity index (χ4v) is 2.19. The Kier molecular flexibility index (Phi) is 4.45. The third-order valence-corrected chi connectivity index (χ3v) is 3.36. The molecule has 1 aromatic heterocycles. The van der Waals surface area contributed by atoms with Gasteiger partial charge in [0, 0.05) is 23.5 Å². The van der Waals surface area contributed by atoms with E-state index < -0.39 is 0 Å². The average Bonchev–Trinajstić information content (AvgIpc) is 2.40. The van der Waals surface area contributed by atoms with Crippen LogP contribution in [0.4, 0.5) is 5.82 Å². The minimum Gasteiger partial charge on any atom is -0.359 e. The summed E-state index contributed by atoms with van der Waals surface area (Å²) in [5, 5.41) is 3.82. The molecule has 0 saturated heterocycles. The van der Waals surface area contributed by atoms with E-state index in [4.69, 9.17) is 11.6 Å². The maximum absolute atomic E-state index is 12.3. The van der Waals surface area contributed by atoms with Gasteiger partial charge in [-0.2, -0.15) is 0 Å². The van der Waals surface area contributed by atoms with Crippen molar-refractivity contribution in [3.63, 3.8) is 0 Å². The number of nitrogens with one attached hydrogen (secondary N) is 1. The Morgan fingerprint density at radius 2 is 2.05 bits per heavy atom. The number of benzene rings is 1. The van der Waals surface area contributed by atoms with E-state index in [-0.39, 0.29) is 17.6 Å². The molecule has 0 spiro atoms. The summed E-state index contributed by atoms with van der Waals surface area (Å²) in [6.07, 6.45) is 3.33. The first-order valence-electron chi connectivity index (χ1n) is 6.58. The third kappa shape index (κ3) is 3.20. The van der Waals surface area contributed by atoms with Crippen LogP contribution in [0.2, 0.25) is 5.02 Å². The molecular weight excluding hydrogens is 274 g/mol. The van der Waals surface area contributed by atoms with Crippen LogP contribution in [0, 0.1) is 0 Å². The Labute approximate surface area is 123 Å². The Hall–Kier alpha value is -1.81. The van der Waals surface area contributed by atoms with Gasteiger partial charge in [-0.1, -0.05) is 23.7 Å². The van der Waals surface area contributed by atoms with E-state index >= 15 is 0 Å². The van der Waals surface area contributed by atoms with Gasteiger partial charge in [-0.3, -0.25) is 4.79 Å². The van der Waals surface area contributed by atoms with Crippen LogP contribution in [0.25, 0.3) is 0 Å². The van der Waals surface area contributed by atoms with E-state index in [1.54, 1.807) is 17.0 Å². The molecule has 1 N–H and O–H groups in total. The molecule has 2 aromatic rings. The van der Waals surface area contributed by atoms with Gasteiger partial charge in [0.05, 0.1) is 6.04 Å². The van der Waals surface area contributed by atoms with E-state index in [1.807, 2.05) is 45.0 Å². The lowest BCUT2D eigenvalue weighted by Gasteiger charge is -2.16. The second kappa shape index (κ2) is 6.09. The van der Waals surface area contributed by atoms with Crippen LogP contribution >= 0.6 is 11.6 Å². The maximum Gasteiger partial charge on any atom is 0.293 e. The summed E-state index contributed by atoms with van der Waals surface area (Å²) in [5.74, 6) is 0.355. The molecule has 0 aliphatic heterocycles. The molecule has 1 aromatic carbocycles. The number of hydrogen-bond donors (Lipinski definition) is 1. The van der Waals surface area contributed by atoms with Crippen molar-refractivity contribution in [2.45, 2.75) is 32.9 Å². The van der Waals surface area contributed by atoms with Crippen molar-refractivity contribution < 1.29 is 0 Å². The lowest BCUT2D eigenvalue weighted by Crippen LogP contribution is -2.26. The SMILES string of the molecule is CC(Nc1nccn(C(C)C)c1=O)c1cccc(Cl)c1. The van der Waals surface area contributed by atoms with Crippen molar-refractivity contribution >= 4 is 17.4 Å². The second-order valence-electron chi connectivity index (χ2n) is 5.00. The summed E-state index contributed by atoms with van der Waals surface area (Å²) in [4.78, 5) is 16.4. The zero-order valence-corrected chi connectivity index (χ0v) is 12.6. The number of aromatic nitrogens is 2. The zero-order valence-electron chi connectivity index (χ0n) is 11.8. The molecule has 0 amide bonds. The van der Waals surface area contributed by atoms with Crippen molar-refractivity contribution in [3.05, 3.63) is 57.6 Å². The van der Waals surface area contributed by atoms with Crippen LogP contribution in [-0.4, -0.2) is 9.55 Å². The first-order valence-corrected chi connectivity index (χ1v) is 6.96. The maximum atomic E-state index is 12.3. The van der Waals surface area contributed by atoms with Gasteiger partial charge in [-0.05, 0) is 38.5 Å². The summed E-state index contributed by atoms with van der Waals surface area (Å²) in [6.45, 7) is 5.90. The predicted octanol–water partition coefficient (Wildman–Crippen LogP) is 3.65. The first kappa shape index (κ1) is 14.6. The molecular formula is C15H18ClN3O. The number of nitrogens with zero attached hydrogens (tertiary/aromatic N) is 2. The van der Waals surface area contributed by atoms with Gasteiger partial charge >= 0.3 is 0 Å². The van der Waals surface area contributed by atoms with Gasteiger partial charge in [-0.25, -0.2) is 4.98 Å². The van der Waals surface area contributed by atoms with E-state index in [1.165, 1.54) is 0 Å². The lowest BCUT2D eigenvalue weighted by molar-refractivity contribution is 0.574. The fourth-order valence-electron chi connectivity index (χ4n) is 1.99. The number of hydrogen-bond acceptors (Lipinski definition) is 3. The van der Waals surface area contributed by atoms with Gasteiger partial charge in [0.25, 0.3) is 5.56 Å². The molecule has 1 unspecified atom stereocenters. The van der Waals surface area contributed by atoms with Crippen molar-refractivity contribution in [1.29, 1.82) is 0 Å². The molecule has 0 bridgehead atoms. The monoisotopic (exact) mass is 291 g/mol. The van der Waals surface area contributed by atoms with Crippen LogP contribution in [0.3, 0.4) is 0 Å². The first-order chi connectivity index (χ1) is 9.49. The number of rotatable bonds is 4. The smallest absolute Gasteiger partial charge is 0.293 e. The molecule has 5 heteroatoms. The highest BCUT2D eigenvalue weighted by atomic mass is 35.5. The van der Waals surface area contributed by atoms with Gasteiger partial charge < -0.3 is 9.88 Å². The molecule has 1 atom stereocenters. The Morgan fingerprint density at radius 1 is 1.30 bits per heavy atom. The average molecular weight is 292 g/mol. The van der Waals surface area contributed by atoms with E-state index in [0.717, 1.165) is 5.56 Å². The molecule has 0 saturated carbocycles. The van der Waals surface area contributed by atoms with Gasteiger partial charge in [0.2, 0.25) is 0 Å².